The van der Waals surface area contributed by atoms with Gasteiger partial charge in [0.2, 0.25) is 23.6 Å². The van der Waals surface area contributed by atoms with Crippen molar-refractivity contribution in [3.63, 3.8) is 0 Å². The van der Waals surface area contributed by atoms with Crippen molar-refractivity contribution >= 4 is 58.5 Å². The standard InChI is InChI=1S/C26H20N2O4S2/c29-23-15-21(33-19-10-3-1-4-11-19)25(31)27(23)17-8-7-9-18(14-17)28-24(30)16-22(26(28)32)34-20-12-5-2-6-13-20/h1-14,21-22H,15-16H2/t21-,22-/m0/s1. The second-order valence-electron chi connectivity index (χ2n) is 7.90. The van der Waals surface area contributed by atoms with E-state index in [4.69, 9.17) is 0 Å². The summed E-state index contributed by atoms with van der Waals surface area (Å²) in [5, 5.41) is -1.03. The van der Waals surface area contributed by atoms with E-state index < -0.39 is 10.5 Å². The average molecular weight is 489 g/mol. The predicted molar refractivity (Wildman–Crippen MR) is 133 cm³/mol. The summed E-state index contributed by atoms with van der Waals surface area (Å²) >= 11 is 2.72. The Morgan fingerprint density at radius 3 is 1.38 bits per heavy atom. The highest BCUT2D eigenvalue weighted by Gasteiger charge is 2.42. The number of carbonyl (C=O) groups excluding carboxylic acids is 4. The van der Waals surface area contributed by atoms with E-state index in [2.05, 4.69) is 0 Å². The van der Waals surface area contributed by atoms with Gasteiger partial charge in [0.15, 0.2) is 0 Å². The largest absolute Gasteiger partial charge is 0.274 e. The Bertz CT molecular complexity index is 1170. The van der Waals surface area contributed by atoms with Crippen LogP contribution in [0.3, 0.4) is 0 Å². The molecule has 0 aliphatic carbocycles. The number of hydrogen-bond acceptors (Lipinski definition) is 6. The molecule has 2 atom stereocenters. The van der Waals surface area contributed by atoms with Gasteiger partial charge in [-0.2, -0.15) is 0 Å². The van der Waals surface area contributed by atoms with Crippen LogP contribution in [0.25, 0.3) is 0 Å². The lowest BCUT2D eigenvalue weighted by Crippen LogP contribution is -2.33. The Hall–Kier alpha value is -3.36. The molecule has 2 fully saturated rings. The minimum atomic E-state index is -0.514. The van der Waals surface area contributed by atoms with Crippen LogP contribution in [0.15, 0.2) is 94.7 Å². The molecule has 4 amide bonds. The fourth-order valence-corrected chi connectivity index (χ4v) is 6.18. The summed E-state index contributed by atoms with van der Waals surface area (Å²) in [4.78, 5) is 55.8. The van der Waals surface area contributed by atoms with E-state index in [1.165, 1.54) is 23.5 Å². The van der Waals surface area contributed by atoms with Gasteiger partial charge in [-0.15, -0.1) is 23.5 Å². The SMILES string of the molecule is O=C1C[C@H](Sc2ccccc2)C(=O)N1c1cccc(N2C(=O)C[C@H](Sc3ccccc3)C2=O)c1. The van der Waals surface area contributed by atoms with E-state index in [9.17, 15) is 19.2 Å². The number of nitrogens with zero attached hydrogens (tertiary/aromatic N) is 2. The summed E-state index contributed by atoms with van der Waals surface area (Å²) in [6.45, 7) is 0. The highest BCUT2D eigenvalue weighted by atomic mass is 32.2. The first-order valence-electron chi connectivity index (χ1n) is 10.8. The van der Waals surface area contributed by atoms with E-state index in [1.807, 2.05) is 60.7 Å². The van der Waals surface area contributed by atoms with E-state index in [1.54, 1.807) is 24.3 Å². The molecule has 0 aromatic heterocycles. The quantitative estimate of drug-likeness (QED) is 0.475. The van der Waals surface area contributed by atoms with Crippen LogP contribution in [-0.2, 0) is 19.2 Å². The van der Waals surface area contributed by atoms with Gasteiger partial charge in [0.25, 0.3) is 0 Å². The van der Waals surface area contributed by atoms with Crippen molar-refractivity contribution in [1.29, 1.82) is 0 Å². The van der Waals surface area contributed by atoms with Crippen molar-refractivity contribution < 1.29 is 19.2 Å². The van der Waals surface area contributed by atoms with Gasteiger partial charge < -0.3 is 0 Å². The highest BCUT2D eigenvalue weighted by Crippen LogP contribution is 2.37. The van der Waals surface area contributed by atoms with Gasteiger partial charge in [0.1, 0.15) is 0 Å². The third-order valence-corrected chi connectivity index (χ3v) is 7.99. The Balaban J connectivity index is 1.35. The topological polar surface area (TPSA) is 74.8 Å². The molecule has 2 aliphatic heterocycles. The van der Waals surface area contributed by atoms with Gasteiger partial charge in [0, 0.05) is 22.6 Å². The van der Waals surface area contributed by atoms with Crippen molar-refractivity contribution in [3.05, 3.63) is 84.9 Å². The van der Waals surface area contributed by atoms with Gasteiger partial charge in [0.05, 0.1) is 21.9 Å². The van der Waals surface area contributed by atoms with Crippen molar-refractivity contribution in [2.24, 2.45) is 0 Å². The van der Waals surface area contributed by atoms with E-state index in [0.29, 0.717) is 11.4 Å². The van der Waals surface area contributed by atoms with Crippen LogP contribution in [0.5, 0.6) is 0 Å². The number of anilines is 2. The predicted octanol–water partition coefficient (Wildman–Crippen LogP) is 4.54. The van der Waals surface area contributed by atoms with Gasteiger partial charge >= 0.3 is 0 Å². The lowest BCUT2D eigenvalue weighted by Gasteiger charge is -2.19. The van der Waals surface area contributed by atoms with Crippen LogP contribution in [0.1, 0.15) is 12.8 Å². The normalized spacial score (nSPS) is 20.5. The number of hydrogen-bond donors (Lipinski definition) is 0. The van der Waals surface area contributed by atoms with Crippen molar-refractivity contribution in [1.82, 2.24) is 0 Å². The number of benzene rings is 3. The fraction of sp³-hybridized carbons (Fsp3) is 0.154. The Morgan fingerprint density at radius 2 is 0.971 bits per heavy atom. The number of rotatable bonds is 6. The third-order valence-electron chi connectivity index (χ3n) is 5.60. The van der Waals surface area contributed by atoms with Crippen LogP contribution in [0.4, 0.5) is 11.4 Å². The zero-order valence-electron chi connectivity index (χ0n) is 18.0. The lowest BCUT2D eigenvalue weighted by molar-refractivity contribution is -0.122. The lowest BCUT2D eigenvalue weighted by atomic mass is 10.2. The van der Waals surface area contributed by atoms with Crippen LogP contribution >= 0.6 is 23.5 Å². The summed E-state index contributed by atoms with van der Waals surface area (Å²) in [5.74, 6) is -1.19. The van der Waals surface area contributed by atoms with Crippen LogP contribution < -0.4 is 9.80 Å². The molecule has 2 heterocycles. The molecule has 170 valence electrons. The molecule has 2 saturated heterocycles. The summed E-state index contributed by atoms with van der Waals surface area (Å²) in [6, 6.07) is 25.5. The molecule has 3 aromatic rings. The zero-order valence-corrected chi connectivity index (χ0v) is 19.6. The summed E-state index contributed by atoms with van der Waals surface area (Å²) in [7, 11) is 0. The van der Waals surface area contributed by atoms with Gasteiger partial charge in [-0.05, 0) is 42.5 Å². The minimum absolute atomic E-state index is 0.0972. The van der Waals surface area contributed by atoms with E-state index >= 15 is 0 Å². The average Bonchev–Trinajstić information content (AvgIpc) is 3.28. The van der Waals surface area contributed by atoms with Crippen molar-refractivity contribution in [2.75, 3.05) is 9.80 Å². The molecule has 3 aromatic carbocycles. The van der Waals surface area contributed by atoms with Gasteiger partial charge in [-0.1, -0.05) is 42.5 Å². The summed E-state index contributed by atoms with van der Waals surface area (Å²) in [5.41, 5.74) is 0.729. The van der Waals surface area contributed by atoms with E-state index in [-0.39, 0.29) is 36.5 Å². The monoisotopic (exact) mass is 488 g/mol. The second kappa shape index (κ2) is 9.48. The maximum Gasteiger partial charge on any atom is 0.247 e. The Kier molecular flexibility index (Phi) is 6.26. The van der Waals surface area contributed by atoms with Crippen LogP contribution in [-0.4, -0.2) is 34.1 Å². The molecular formula is C26H20N2O4S2. The molecule has 0 radical (unpaired) electrons. The Morgan fingerprint density at radius 1 is 0.559 bits per heavy atom. The number of carbonyl (C=O) groups is 4. The highest BCUT2D eigenvalue weighted by molar-refractivity contribution is 8.01. The maximum atomic E-state index is 13.1. The van der Waals surface area contributed by atoms with Crippen molar-refractivity contribution in [3.8, 4) is 0 Å². The number of imide groups is 2. The molecule has 0 unspecified atom stereocenters. The van der Waals surface area contributed by atoms with E-state index in [0.717, 1.165) is 19.6 Å². The summed E-state index contributed by atoms with van der Waals surface area (Å²) in [6.07, 6.45) is 0.194. The molecule has 0 bridgehead atoms. The second-order valence-corrected chi connectivity index (χ2v) is 10.5. The zero-order chi connectivity index (χ0) is 23.7. The number of amides is 4. The minimum Gasteiger partial charge on any atom is -0.274 e. The van der Waals surface area contributed by atoms with Gasteiger partial charge in [-0.25, -0.2) is 9.80 Å². The number of thioether (sulfide) groups is 2. The fourth-order valence-electron chi connectivity index (χ4n) is 4.03. The molecule has 2 aliphatic rings. The molecular weight excluding hydrogens is 468 g/mol. The van der Waals surface area contributed by atoms with Crippen LogP contribution in [0, 0.1) is 0 Å². The smallest absolute Gasteiger partial charge is 0.247 e. The van der Waals surface area contributed by atoms with Crippen LogP contribution in [0.2, 0.25) is 0 Å². The molecule has 0 saturated carbocycles. The molecule has 0 spiro atoms. The molecule has 8 heteroatoms. The van der Waals surface area contributed by atoms with Crippen molar-refractivity contribution in [2.45, 2.75) is 33.1 Å². The maximum absolute atomic E-state index is 13.1. The Labute approximate surface area is 205 Å². The first-order chi connectivity index (χ1) is 16.5. The first-order valence-corrected chi connectivity index (χ1v) is 12.5. The molecule has 5 rings (SSSR count). The molecule has 34 heavy (non-hydrogen) atoms. The molecule has 0 N–H and O–H groups in total. The summed E-state index contributed by atoms with van der Waals surface area (Å²) < 4.78 is 0. The van der Waals surface area contributed by atoms with Gasteiger partial charge in [-0.3, -0.25) is 19.2 Å². The third kappa shape index (κ3) is 4.38. The molecule has 6 nitrogen and oxygen atoms in total. The first kappa shape index (κ1) is 22.4.